The summed E-state index contributed by atoms with van der Waals surface area (Å²) in [5, 5.41) is 0. The van der Waals surface area contributed by atoms with Gasteiger partial charge in [0.15, 0.2) is 0 Å². The zero-order valence-electron chi connectivity index (χ0n) is 46.5. The maximum absolute atomic E-state index is 14.4. The van der Waals surface area contributed by atoms with Gasteiger partial charge < -0.3 is 4.55 Å². The molecule has 7 rings (SSSR count). The highest BCUT2D eigenvalue weighted by atomic mass is 32.3. The molecular weight excluding hydrogens is 879 g/mol. The van der Waals surface area contributed by atoms with Gasteiger partial charge in [0, 0.05) is 11.1 Å². The summed E-state index contributed by atoms with van der Waals surface area (Å²) in [4.78, 5) is 0. The van der Waals surface area contributed by atoms with E-state index < -0.39 is 10.1 Å². The van der Waals surface area contributed by atoms with E-state index in [0.29, 0.717) is 35.5 Å². The molecule has 0 aliphatic heterocycles. The summed E-state index contributed by atoms with van der Waals surface area (Å²) in [5.74, 6) is 2.50. The van der Waals surface area contributed by atoms with Gasteiger partial charge in [0.25, 0.3) is 0 Å². The largest absolute Gasteiger partial charge is 0.631 e. The van der Waals surface area contributed by atoms with Crippen LogP contribution < -0.4 is 0 Å². The van der Waals surface area contributed by atoms with Gasteiger partial charge in [-0.2, -0.15) is 0 Å². The molecule has 0 unspecified atom stereocenters. The van der Waals surface area contributed by atoms with Crippen molar-refractivity contribution in [2.45, 2.75) is 158 Å². The molecule has 7 aromatic carbocycles. The van der Waals surface area contributed by atoms with Gasteiger partial charge in [0.2, 0.25) is 0 Å². The molecule has 71 heavy (non-hydrogen) atoms. The molecule has 372 valence electrons. The minimum atomic E-state index is -2.63. The first-order chi connectivity index (χ1) is 33.5. The maximum atomic E-state index is 14.4. The SMILES string of the molecule is CC(C)c1cccc(C(C)C)c1-c1cc(-c2cccc(-c3cc(-c4c(C(C)C)cccc4C(C)C)cc(-c4c(C(C)C)cccc4C(C)C)c3N=[S+](C)(C)[O-])c2)cc(-c2c(C(C)C)cccc2C(C)C)c1. The minimum absolute atomic E-state index is 0.254. The van der Waals surface area contributed by atoms with Crippen molar-refractivity contribution in [1.29, 1.82) is 0 Å². The van der Waals surface area contributed by atoms with Gasteiger partial charge in [0.1, 0.15) is 5.69 Å². The normalized spacial score (nSPS) is 12.3. The van der Waals surface area contributed by atoms with Crippen LogP contribution in [0, 0.1) is 0 Å². The van der Waals surface area contributed by atoms with Crippen LogP contribution in [0.4, 0.5) is 5.69 Å². The van der Waals surface area contributed by atoms with E-state index >= 15 is 0 Å². The van der Waals surface area contributed by atoms with Crippen molar-refractivity contribution in [3.05, 3.63) is 172 Å². The fraction of sp³-hybridized carbons (Fsp3) is 0.382. The van der Waals surface area contributed by atoms with Gasteiger partial charge in [-0.25, -0.2) is 0 Å². The number of hydrogen-bond acceptors (Lipinski definition) is 2. The predicted octanol–water partition coefficient (Wildman–Crippen LogP) is 21.0. The Labute approximate surface area is 431 Å². The highest BCUT2D eigenvalue weighted by Gasteiger charge is 2.27. The molecule has 0 atom stereocenters. The number of rotatable bonds is 15. The third kappa shape index (κ3) is 11.3. The van der Waals surface area contributed by atoms with Crippen LogP contribution in [0.3, 0.4) is 0 Å². The fourth-order valence-corrected chi connectivity index (χ4v) is 11.6. The summed E-state index contributed by atoms with van der Waals surface area (Å²) in [5.41, 5.74) is 25.7. The Morgan fingerprint density at radius 3 is 0.873 bits per heavy atom. The summed E-state index contributed by atoms with van der Waals surface area (Å²) >= 11 is 0. The molecule has 0 radical (unpaired) electrons. The second kappa shape index (κ2) is 21.8. The van der Waals surface area contributed by atoms with Gasteiger partial charge in [-0.3, -0.25) is 0 Å². The van der Waals surface area contributed by atoms with Crippen LogP contribution in [0.5, 0.6) is 0 Å². The predicted molar refractivity (Wildman–Crippen MR) is 314 cm³/mol. The molecule has 0 aromatic heterocycles. The van der Waals surface area contributed by atoms with Crippen molar-refractivity contribution < 1.29 is 4.55 Å². The average molecular weight is 962 g/mol. The van der Waals surface area contributed by atoms with Crippen LogP contribution in [-0.4, -0.2) is 17.1 Å². The van der Waals surface area contributed by atoms with Gasteiger partial charge in [0.05, 0.1) is 12.5 Å². The van der Waals surface area contributed by atoms with Crippen LogP contribution in [0.15, 0.2) is 132 Å². The average Bonchev–Trinajstić information content (AvgIpc) is 3.32. The summed E-state index contributed by atoms with van der Waals surface area (Å²) in [6.45, 7) is 37.0. The first kappa shape index (κ1) is 53.4. The molecule has 0 heterocycles. The minimum Gasteiger partial charge on any atom is -0.631 e. The highest BCUT2D eigenvalue weighted by Crippen LogP contribution is 2.51. The van der Waals surface area contributed by atoms with Gasteiger partial charge in [-0.05, 0) is 184 Å². The molecule has 0 saturated carbocycles. The Bertz CT molecular complexity index is 2900. The lowest BCUT2D eigenvalue weighted by atomic mass is 9.79. The lowest BCUT2D eigenvalue weighted by Gasteiger charge is -2.26. The third-order valence-electron chi connectivity index (χ3n) is 14.5. The van der Waals surface area contributed by atoms with Crippen LogP contribution in [0.25, 0.3) is 66.8 Å². The van der Waals surface area contributed by atoms with Crippen LogP contribution in [0.1, 0.15) is 203 Å². The van der Waals surface area contributed by atoms with Crippen LogP contribution in [0.2, 0.25) is 0 Å². The van der Waals surface area contributed by atoms with Gasteiger partial charge in [-0.1, -0.05) is 212 Å². The first-order valence-corrected chi connectivity index (χ1v) is 29.0. The van der Waals surface area contributed by atoms with Crippen molar-refractivity contribution in [1.82, 2.24) is 0 Å². The van der Waals surface area contributed by atoms with E-state index in [2.05, 4.69) is 238 Å². The van der Waals surface area contributed by atoms with Crippen LogP contribution in [-0.2, 0) is 10.1 Å². The zero-order chi connectivity index (χ0) is 51.8. The Morgan fingerprint density at radius 1 is 0.296 bits per heavy atom. The first-order valence-electron chi connectivity index (χ1n) is 26.6. The van der Waals surface area contributed by atoms with E-state index in [9.17, 15) is 4.55 Å². The van der Waals surface area contributed by atoms with Crippen molar-refractivity contribution in [2.24, 2.45) is 4.36 Å². The second-order valence-electron chi connectivity index (χ2n) is 23.1. The number of benzene rings is 7. The van der Waals surface area contributed by atoms with Gasteiger partial charge in [-0.15, -0.1) is 4.36 Å². The molecule has 0 fully saturated rings. The summed E-state index contributed by atoms with van der Waals surface area (Å²) in [6, 6.07) is 48.7. The molecular formula is C68H83NOS. The van der Waals surface area contributed by atoms with E-state index in [1.807, 2.05) is 0 Å². The van der Waals surface area contributed by atoms with Crippen molar-refractivity contribution >= 4 is 15.8 Å². The molecule has 3 heteroatoms. The smallest absolute Gasteiger partial charge is 0.125 e. The van der Waals surface area contributed by atoms with Crippen molar-refractivity contribution in [3.8, 4) is 66.8 Å². The quantitative estimate of drug-likeness (QED) is 0.0943. The standard InChI is InChI=1S/C68H83NOS/c1-40(2)54-26-20-27-55(41(3)4)64(54)51-35-50(36-52(37-51)65-56(42(5)6)28-21-29-57(65)43(7)8)48-24-19-25-49(34-48)62-38-53(66-58(44(9)10)30-22-31-59(66)45(11)12)39-63(68(62)69-71(17,18)70)67-60(46(13)14)32-23-33-61(67)47(15)16/h19-47H,1-18H3. The van der Waals surface area contributed by atoms with E-state index in [4.69, 9.17) is 4.36 Å². The molecule has 7 aromatic rings. The second-order valence-corrected chi connectivity index (χ2v) is 25.6. The molecule has 0 amide bonds. The third-order valence-corrected chi connectivity index (χ3v) is 15.1. The Balaban J connectivity index is 1.65. The summed E-state index contributed by atoms with van der Waals surface area (Å²) in [7, 11) is -2.63. The molecule has 0 aliphatic carbocycles. The molecule has 0 saturated heterocycles. The van der Waals surface area contributed by atoms with E-state index in [1.54, 1.807) is 12.5 Å². The summed E-state index contributed by atoms with van der Waals surface area (Å²) < 4.78 is 19.7. The number of nitrogens with zero attached hydrogens (tertiary/aromatic N) is 1. The van der Waals surface area contributed by atoms with E-state index in [-0.39, 0.29) is 11.8 Å². The monoisotopic (exact) mass is 962 g/mol. The van der Waals surface area contributed by atoms with E-state index in [0.717, 1.165) is 27.9 Å². The van der Waals surface area contributed by atoms with Crippen molar-refractivity contribution in [2.75, 3.05) is 12.5 Å². The van der Waals surface area contributed by atoms with E-state index in [1.165, 1.54) is 89.0 Å². The van der Waals surface area contributed by atoms with Crippen LogP contribution >= 0.6 is 0 Å². The lowest BCUT2D eigenvalue weighted by Crippen LogP contribution is -2.05. The fourth-order valence-electron chi connectivity index (χ4n) is 11.0. The molecule has 2 nitrogen and oxygen atoms in total. The Morgan fingerprint density at radius 2 is 0.549 bits per heavy atom. The molecule has 0 bridgehead atoms. The molecule has 0 N–H and O–H groups in total. The summed E-state index contributed by atoms with van der Waals surface area (Å²) in [6.07, 6.45) is 3.56. The zero-order valence-corrected chi connectivity index (χ0v) is 47.3. The topological polar surface area (TPSA) is 35.4 Å². The highest BCUT2D eigenvalue weighted by molar-refractivity contribution is 7.98. The molecule has 0 spiro atoms. The van der Waals surface area contributed by atoms with Crippen molar-refractivity contribution in [3.63, 3.8) is 0 Å². The Hall–Kier alpha value is -5.35. The van der Waals surface area contributed by atoms with Gasteiger partial charge >= 0.3 is 0 Å². The molecule has 0 aliphatic rings. The maximum Gasteiger partial charge on any atom is 0.125 e. The Kier molecular flexibility index (Phi) is 16.4. The lowest BCUT2D eigenvalue weighted by molar-refractivity contribution is 0.596. The number of hydrogen-bond donors (Lipinski definition) is 0.